The van der Waals surface area contributed by atoms with Gasteiger partial charge in [-0.05, 0) is 55.3 Å². The lowest BCUT2D eigenvalue weighted by Gasteiger charge is -2.30. The number of benzene rings is 2. The second-order valence-electron chi connectivity index (χ2n) is 6.00. The van der Waals surface area contributed by atoms with Gasteiger partial charge >= 0.3 is 0 Å². The SMILES string of the molecule is Cc1cc(C)cc(S(=O)(=O)N2CCS(=O)c3ccc(C(N)=O)cc32)c1. The van der Waals surface area contributed by atoms with E-state index in [9.17, 15) is 17.4 Å². The van der Waals surface area contributed by atoms with E-state index in [0.717, 1.165) is 11.1 Å². The van der Waals surface area contributed by atoms with Gasteiger partial charge in [0.1, 0.15) is 0 Å². The second kappa shape index (κ2) is 6.27. The van der Waals surface area contributed by atoms with E-state index in [-0.39, 0.29) is 28.4 Å². The number of anilines is 1. The van der Waals surface area contributed by atoms with E-state index in [4.69, 9.17) is 5.73 Å². The fourth-order valence-electron chi connectivity index (χ4n) is 2.91. The highest BCUT2D eigenvalue weighted by Crippen LogP contribution is 2.34. The quantitative estimate of drug-likeness (QED) is 0.879. The molecule has 1 atom stereocenters. The molecule has 2 N–H and O–H groups in total. The number of nitrogens with two attached hydrogens (primary N) is 1. The highest BCUT2D eigenvalue weighted by Gasteiger charge is 2.32. The standard InChI is InChI=1S/C17H18N2O4S2/c1-11-7-12(2)9-14(8-11)25(22,23)19-5-6-24(21)16-4-3-13(17(18)20)10-15(16)19/h3-4,7-10H,5-6H2,1-2H3,(H2,18,20). The number of hydrogen-bond acceptors (Lipinski definition) is 4. The van der Waals surface area contributed by atoms with Crippen molar-refractivity contribution in [3.63, 3.8) is 0 Å². The van der Waals surface area contributed by atoms with Gasteiger partial charge in [-0.1, -0.05) is 6.07 Å². The number of fused-ring (bicyclic) bond motifs is 1. The smallest absolute Gasteiger partial charge is 0.264 e. The minimum absolute atomic E-state index is 0.0805. The van der Waals surface area contributed by atoms with Gasteiger partial charge < -0.3 is 5.73 Å². The Kier molecular flexibility index (Phi) is 4.42. The van der Waals surface area contributed by atoms with Crippen LogP contribution in [-0.4, -0.2) is 30.8 Å². The Labute approximate surface area is 149 Å². The molecule has 0 bridgehead atoms. The second-order valence-corrected chi connectivity index (χ2v) is 9.40. The predicted octanol–water partition coefficient (Wildman–Crippen LogP) is 1.72. The van der Waals surface area contributed by atoms with Crippen molar-refractivity contribution >= 4 is 32.4 Å². The van der Waals surface area contributed by atoms with Crippen molar-refractivity contribution in [2.24, 2.45) is 5.73 Å². The molecule has 1 amide bonds. The van der Waals surface area contributed by atoms with Gasteiger partial charge in [-0.3, -0.25) is 13.3 Å². The number of primary amides is 1. The Morgan fingerprint density at radius 1 is 1.12 bits per heavy atom. The number of amides is 1. The number of carbonyl (C=O) groups excluding carboxylic acids is 1. The Morgan fingerprint density at radius 2 is 1.76 bits per heavy atom. The first kappa shape index (κ1) is 17.6. The van der Waals surface area contributed by atoms with Crippen LogP contribution in [0, 0.1) is 13.8 Å². The first-order valence-corrected chi connectivity index (χ1v) is 10.4. The van der Waals surface area contributed by atoms with E-state index in [1.807, 2.05) is 19.9 Å². The van der Waals surface area contributed by atoms with E-state index >= 15 is 0 Å². The summed E-state index contributed by atoms with van der Waals surface area (Å²) >= 11 is 0. The topological polar surface area (TPSA) is 97.5 Å². The van der Waals surface area contributed by atoms with Crippen LogP contribution in [0.5, 0.6) is 0 Å². The Morgan fingerprint density at radius 3 is 2.36 bits per heavy atom. The van der Waals surface area contributed by atoms with E-state index in [1.54, 1.807) is 12.1 Å². The maximum atomic E-state index is 13.2. The average Bonchev–Trinajstić information content (AvgIpc) is 2.53. The molecule has 1 heterocycles. The first-order chi connectivity index (χ1) is 11.7. The molecule has 6 nitrogen and oxygen atoms in total. The Bertz CT molecular complexity index is 979. The van der Waals surface area contributed by atoms with Crippen LogP contribution in [0.4, 0.5) is 5.69 Å². The third-order valence-electron chi connectivity index (χ3n) is 4.02. The summed E-state index contributed by atoms with van der Waals surface area (Å²) in [6.45, 7) is 3.74. The van der Waals surface area contributed by atoms with Gasteiger partial charge in [-0.2, -0.15) is 0 Å². The molecule has 0 aromatic heterocycles. The zero-order valence-corrected chi connectivity index (χ0v) is 15.5. The van der Waals surface area contributed by atoms with Gasteiger partial charge in [0.2, 0.25) is 5.91 Å². The largest absolute Gasteiger partial charge is 0.366 e. The Hall–Kier alpha value is -2.19. The maximum Gasteiger partial charge on any atom is 0.264 e. The number of aryl methyl sites for hydroxylation is 2. The van der Waals surface area contributed by atoms with Crippen LogP contribution in [0.1, 0.15) is 21.5 Å². The molecule has 1 unspecified atom stereocenters. The van der Waals surface area contributed by atoms with Gasteiger partial charge in [0, 0.05) is 17.9 Å². The van der Waals surface area contributed by atoms with Crippen molar-refractivity contribution in [2.75, 3.05) is 16.6 Å². The molecule has 1 aliphatic heterocycles. The number of hydrogen-bond donors (Lipinski definition) is 1. The molecular weight excluding hydrogens is 360 g/mol. The molecule has 8 heteroatoms. The summed E-state index contributed by atoms with van der Waals surface area (Å²) in [5.74, 6) is -0.463. The van der Waals surface area contributed by atoms with Gasteiger partial charge in [0.05, 0.1) is 26.3 Å². The Balaban J connectivity index is 2.18. The van der Waals surface area contributed by atoms with Crippen molar-refractivity contribution in [3.8, 4) is 0 Å². The van der Waals surface area contributed by atoms with Crippen LogP contribution >= 0.6 is 0 Å². The molecule has 0 aliphatic carbocycles. The zero-order chi connectivity index (χ0) is 18.4. The molecule has 1 aliphatic rings. The molecule has 3 rings (SSSR count). The van der Waals surface area contributed by atoms with Gasteiger partial charge in [0.15, 0.2) is 0 Å². The molecule has 0 saturated heterocycles. The summed E-state index contributed by atoms with van der Waals surface area (Å²) in [7, 11) is -5.16. The van der Waals surface area contributed by atoms with Crippen LogP contribution < -0.4 is 10.0 Å². The number of nitrogens with zero attached hydrogens (tertiary/aromatic N) is 1. The lowest BCUT2D eigenvalue weighted by atomic mass is 10.2. The first-order valence-electron chi connectivity index (χ1n) is 7.63. The average molecular weight is 378 g/mol. The zero-order valence-electron chi connectivity index (χ0n) is 13.9. The van der Waals surface area contributed by atoms with Crippen LogP contribution in [-0.2, 0) is 20.8 Å². The summed E-state index contributed by atoms with van der Waals surface area (Å²) in [6, 6.07) is 9.47. The van der Waals surface area contributed by atoms with Gasteiger partial charge in [-0.15, -0.1) is 0 Å². The van der Waals surface area contributed by atoms with Crippen LogP contribution in [0.15, 0.2) is 46.2 Å². The molecule has 0 fully saturated rings. The van der Waals surface area contributed by atoms with E-state index in [1.165, 1.54) is 22.5 Å². The van der Waals surface area contributed by atoms with Gasteiger partial charge in [0.25, 0.3) is 10.0 Å². The summed E-state index contributed by atoms with van der Waals surface area (Å²) < 4.78 is 39.8. The molecule has 25 heavy (non-hydrogen) atoms. The molecule has 0 radical (unpaired) electrons. The molecular formula is C17H18N2O4S2. The van der Waals surface area contributed by atoms with Gasteiger partial charge in [-0.25, -0.2) is 8.42 Å². The third kappa shape index (κ3) is 3.19. The number of rotatable bonds is 3. The van der Waals surface area contributed by atoms with Crippen molar-refractivity contribution in [3.05, 3.63) is 53.1 Å². The van der Waals surface area contributed by atoms with Crippen molar-refractivity contribution in [1.82, 2.24) is 0 Å². The maximum absolute atomic E-state index is 13.2. The molecule has 0 saturated carbocycles. The van der Waals surface area contributed by atoms with Crippen LogP contribution in [0.2, 0.25) is 0 Å². The summed E-state index contributed by atoms with van der Waals surface area (Å²) in [5.41, 5.74) is 7.41. The van der Waals surface area contributed by atoms with E-state index in [2.05, 4.69) is 0 Å². The van der Waals surface area contributed by atoms with Crippen LogP contribution in [0.3, 0.4) is 0 Å². The monoisotopic (exact) mass is 378 g/mol. The number of carbonyl (C=O) groups is 1. The predicted molar refractivity (Wildman–Crippen MR) is 96.7 cm³/mol. The van der Waals surface area contributed by atoms with Crippen molar-refractivity contribution in [2.45, 2.75) is 23.6 Å². The fraction of sp³-hybridized carbons (Fsp3) is 0.235. The third-order valence-corrected chi connectivity index (χ3v) is 7.20. The summed E-state index contributed by atoms with van der Waals surface area (Å²) in [6.07, 6.45) is 0. The van der Waals surface area contributed by atoms with E-state index in [0.29, 0.717) is 4.90 Å². The molecule has 0 spiro atoms. The summed E-state index contributed by atoms with van der Waals surface area (Å²) in [5, 5.41) is 0. The molecule has 2 aromatic carbocycles. The molecule has 2 aromatic rings. The highest BCUT2D eigenvalue weighted by atomic mass is 32.2. The lowest BCUT2D eigenvalue weighted by molar-refractivity contribution is 0.1000. The van der Waals surface area contributed by atoms with Crippen LogP contribution in [0.25, 0.3) is 0 Å². The normalized spacial score (nSPS) is 17.2. The minimum Gasteiger partial charge on any atom is -0.366 e. The fourth-order valence-corrected chi connectivity index (χ4v) is 5.94. The number of sulfonamides is 1. The highest BCUT2D eigenvalue weighted by molar-refractivity contribution is 7.93. The van der Waals surface area contributed by atoms with Crippen molar-refractivity contribution in [1.29, 1.82) is 0 Å². The minimum atomic E-state index is -3.84. The van der Waals surface area contributed by atoms with Crippen molar-refractivity contribution < 1.29 is 17.4 Å². The summed E-state index contributed by atoms with van der Waals surface area (Å²) in [4.78, 5) is 12.0. The lowest BCUT2D eigenvalue weighted by Crippen LogP contribution is -2.38. The van der Waals surface area contributed by atoms with E-state index < -0.39 is 26.7 Å². The molecule has 132 valence electrons.